The minimum absolute atomic E-state index is 0.460. The van der Waals surface area contributed by atoms with Crippen LogP contribution in [-0.2, 0) is 6.54 Å². The summed E-state index contributed by atoms with van der Waals surface area (Å²) >= 11 is 0. The van der Waals surface area contributed by atoms with E-state index in [1.165, 1.54) is 0 Å². The van der Waals surface area contributed by atoms with Crippen LogP contribution >= 0.6 is 0 Å². The van der Waals surface area contributed by atoms with Crippen molar-refractivity contribution in [1.82, 2.24) is 15.6 Å². The highest BCUT2D eigenvalue weighted by atomic mass is 16.4. The van der Waals surface area contributed by atoms with Crippen LogP contribution in [0.4, 0.5) is 0 Å². The largest absolute Gasteiger partial charge is 0.444 e. The molecule has 0 saturated heterocycles. The molecule has 102 valence electrons. The van der Waals surface area contributed by atoms with Crippen molar-refractivity contribution in [3.8, 4) is 0 Å². The van der Waals surface area contributed by atoms with Gasteiger partial charge in [-0.25, -0.2) is 9.98 Å². The molecule has 0 aliphatic rings. The van der Waals surface area contributed by atoms with Crippen molar-refractivity contribution < 1.29 is 4.42 Å². The number of nitrogens with zero attached hydrogens (tertiary/aromatic N) is 2. The minimum Gasteiger partial charge on any atom is -0.444 e. The van der Waals surface area contributed by atoms with Crippen LogP contribution in [0.3, 0.4) is 0 Å². The number of aliphatic imine (C=N–C) groups is 1. The number of rotatable bonds is 5. The van der Waals surface area contributed by atoms with Crippen molar-refractivity contribution in [1.29, 1.82) is 0 Å². The second kappa shape index (κ2) is 7.03. The van der Waals surface area contributed by atoms with Gasteiger partial charge in [0, 0.05) is 13.1 Å². The molecule has 5 nitrogen and oxygen atoms in total. The maximum atomic E-state index is 5.49. The van der Waals surface area contributed by atoms with Gasteiger partial charge in [0.1, 0.15) is 12.3 Å². The Kier molecular flexibility index (Phi) is 5.68. The molecule has 0 atom stereocenters. The molecule has 0 aliphatic carbocycles. The van der Waals surface area contributed by atoms with E-state index in [0.717, 1.165) is 30.5 Å². The second-order valence-corrected chi connectivity index (χ2v) is 4.72. The number of guanidine groups is 1. The molecule has 0 radical (unpaired) electrons. The van der Waals surface area contributed by atoms with Gasteiger partial charge in [0.15, 0.2) is 5.96 Å². The molecule has 0 aromatic carbocycles. The van der Waals surface area contributed by atoms with Crippen LogP contribution in [-0.4, -0.2) is 24.0 Å². The Morgan fingerprint density at radius 1 is 1.33 bits per heavy atom. The summed E-state index contributed by atoms with van der Waals surface area (Å²) < 4.78 is 5.49. The molecule has 0 unspecified atom stereocenters. The predicted octanol–water partition coefficient (Wildman–Crippen LogP) is 2.00. The molecular formula is C13H24N4O. The van der Waals surface area contributed by atoms with Gasteiger partial charge in [-0.05, 0) is 26.7 Å². The lowest BCUT2D eigenvalue weighted by molar-refractivity contribution is 0.472. The minimum atomic E-state index is 0.460. The first-order chi connectivity index (χ1) is 8.52. The predicted molar refractivity (Wildman–Crippen MR) is 73.6 cm³/mol. The monoisotopic (exact) mass is 252 g/mol. The van der Waals surface area contributed by atoms with Crippen molar-refractivity contribution in [3.05, 3.63) is 17.3 Å². The summed E-state index contributed by atoms with van der Waals surface area (Å²) in [4.78, 5) is 8.76. The zero-order valence-corrected chi connectivity index (χ0v) is 12.0. The van der Waals surface area contributed by atoms with Gasteiger partial charge in [0.25, 0.3) is 0 Å². The highest BCUT2D eigenvalue weighted by Gasteiger charge is 2.05. The molecule has 0 aliphatic heterocycles. The first-order valence-corrected chi connectivity index (χ1v) is 6.48. The summed E-state index contributed by atoms with van der Waals surface area (Å²) in [5, 5.41) is 6.48. The van der Waals surface area contributed by atoms with Gasteiger partial charge in [0.2, 0.25) is 5.89 Å². The molecule has 1 heterocycles. The highest BCUT2D eigenvalue weighted by Crippen LogP contribution is 2.08. The Hall–Kier alpha value is -1.52. The van der Waals surface area contributed by atoms with E-state index in [2.05, 4.69) is 34.5 Å². The lowest BCUT2D eigenvalue weighted by Crippen LogP contribution is -2.39. The maximum absolute atomic E-state index is 5.49. The summed E-state index contributed by atoms with van der Waals surface area (Å²) in [6.07, 6.45) is 0. The van der Waals surface area contributed by atoms with Gasteiger partial charge in [-0.2, -0.15) is 0 Å². The lowest BCUT2D eigenvalue weighted by atomic mass is 10.2. The molecule has 0 bridgehead atoms. The molecule has 0 amide bonds. The molecule has 1 aromatic rings. The van der Waals surface area contributed by atoms with E-state index in [1.807, 2.05) is 20.8 Å². The number of hydrogen-bond donors (Lipinski definition) is 2. The normalized spacial score (nSPS) is 12.0. The Morgan fingerprint density at radius 3 is 2.56 bits per heavy atom. The van der Waals surface area contributed by atoms with Gasteiger partial charge in [-0.15, -0.1) is 0 Å². The van der Waals surface area contributed by atoms with Crippen LogP contribution in [0.1, 0.15) is 38.1 Å². The number of hydrogen-bond acceptors (Lipinski definition) is 3. The fourth-order valence-electron chi connectivity index (χ4n) is 1.40. The maximum Gasteiger partial charge on any atom is 0.216 e. The summed E-state index contributed by atoms with van der Waals surface area (Å²) in [5.41, 5.74) is 0.931. The van der Waals surface area contributed by atoms with Crippen LogP contribution in [0.5, 0.6) is 0 Å². The zero-order chi connectivity index (χ0) is 13.5. The lowest BCUT2D eigenvalue weighted by Gasteiger charge is -2.12. The molecule has 5 heteroatoms. The number of nitrogens with one attached hydrogen (secondary N) is 2. The molecule has 18 heavy (non-hydrogen) atoms. The van der Waals surface area contributed by atoms with E-state index >= 15 is 0 Å². The fourth-order valence-corrected chi connectivity index (χ4v) is 1.40. The molecule has 0 fully saturated rings. The molecule has 1 aromatic heterocycles. The number of aromatic nitrogens is 1. The van der Waals surface area contributed by atoms with Crippen molar-refractivity contribution in [2.75, 3.05) is 13.1 Å². The Balaban J connectivity index is 2.58. The van der Waals surface area contributed by atoms with Crippen LogP contribution in [0.25, 0.3) is 0 Å². The molecule has 0 spiro atoms. The van der Waals surface area contributed by atoms with Crippen molar-refractivity contribution in [2.24, 2.45) is 10.9 Å². The van der Waals surface area contributed by atoms with Gasteiger partial charge in [0.05, 0.1) is 5.69 Å². The van der Waals surface area contributed by atoms with Crippen molar-refractivity contribution in [2.45, 2.75) is 41.2 Å². The van der Waals surface area contributed by atoms with Gasteiger partial charge in [-0.3, -0.25) is 0 Å². The van der Waals surface area contributed by atoms with Crippen LogP contribution in [0.15, 0.2) is 9.41 Å². The quantitative estimate of drug-likeness (QED) is 0.621. The number of aryl methyl sites for hydroxylation is 2. The molecular weight excluding hydrogens is 228 g/mol. The van der Waals surface area contributed by atoms with Crippen LogP contribution in [0.2, 0.25) is 0 Å². The van der Waals surface area contributed by atoms with Crippen LogP contribution < -0.4 is 10.6 Å². The topological polar surface area (TPSA) is 62.5 Å². The summed E-state index contributed by atoms with van der Waals surface area (Å²) in [6, 6.07) is 0. The van der Waals surface area contributed by atoms with Crippen LogP contribution in [0, 0.1) is 19.8 Å². The fraction of sp³-hybridized carbons (Fsp3) is 0.692. The average molecular weight is 252 g/mol. The second-order valence-electron chi connectivity index (χ2n) is 4.72. The summed E-state index contributed by atoms with van der Waals surface area (Å²) in [7, 11) is 0. The standard InChI is InChI=1S/C13H24N4O/c1-6-14-13(15-7-9(2)3)16-8-12-17-10(4)11(5)18-12/h9H,6-8H2,1-5H3,(H2,14,15,16). The molecule has 0 saturated carbocycles. The van der Waals surface area contributed by atoms with E-state index in [0.29, 0.717) is 18.4 Å². The Labute approximate surface area is 109 Å². The van der Waals surface area contributed by atoms with E-state index in [1.54, 1.807) is 0 Å². The number of oxazole rings is 1. The third-order valence-corrected chi connectivity index (χ3v) is 2.47. The smallest absolute Gasteiger partial charge is 0.216 e. The first kappa shape index (κ1) is 14.5. The molecule has 1 rings (SSSR count). The van der Waals surface area contributed by atoms with Crippen molar-refractivity contribution >= 4 is 5.96 Å². The summed E-state index contributed by atoms with van der Waals surface area (Å²) in [5.74, 6) is 2.91. The first-order valence-electron chi connectivity index (χ1n) is 6.48. The van der Waals surface area contributed by atoms with Gasteiger partial charge >= 0.3 is 0 Å². The van der Waals surface area contributed by atoms with E-state index in [9.17, 15) is 0 Å². The van der Waals surface area contributed by atoms with Crippen molar-refractivity contribution in [3.63, 3.8) is 0 Å². The van der Waals surface area contributed by atoms with Gasteiger partial charge in [-0.1, -0.05) is 13.8 Å². The third kappa shape index (κ3) is 4.77. The van der Waals surface area contributed by atoms with E-state index in [-0.39, 0.29) is 0 Å². The van der Waals surface area contributed by atoms with Gasteiger partial charge < -0.3 is 15.1 Å². The Bertz CT molecular complexity index is 376. The third-order valence-electron chi connectivity index (χ3n) is 2.47. The highest BCUT2D eigenvalue weighted by molar-refractivity contribution is 5.79. The molecule has 2 N–H and O–H groups in total. The Morgan fingerprint density at radius 2 is 2.06 bits per heavy atom. The summed E-state index contributed by atoms with van der Waals surface area (Å²) in [6.45, 7) is 12.4. The van der Waals surface area contributed by atoms with E-state index < -0.39 is 0 Å². The average Bonchev–Trinajstić information content (AvgIpc) is 2.62. The SMILES string of the molecule is CCNC(=NCc1nc(C)c(C)o1)NCC(C)C. The van der Waals surface area contributed by atoms with E-state index in [4.69, 9.17) is 4.42 Å². The zero-order valence-electron chi connectivity index (χ0n) is 12.0.